The average molecular weight is 432 g/mol. The number of hydrogen-bond donors (Lipinski definition) is 2. The summed E-state index contributed by atoms with van der Waals surface area (Å²) in [6.07, 6.45) is 3.21. The van der Waals surface area contributed by atoms with Gasteiger partial charge in [-0.15, -0.1) is 0 Å². The minimum absolute atomic E-state index is 0.0303. The molecule has 2 aromatic rings. The molecule has 8 nitrogen and oxygen atoms in total. The molecule has 2 fully saturated rings. The zero-order valence-electron chi connectivity index (χ0n) is 17.8. The zero-order valence-corrected chi connectivity index (χ0v) is 17.8. The van der Waals surface area contributed by atoms with Crippen molar-refractivity contribution in [3.8, 4) is 0 Å². The van der Waals surface area contributed by atoms with Crippen molar-refractivity contribution in [3.63, 3.8) is 0 Å². The van der Waals surface area contributed by atoms with Gasteiger partial charge in [-0.05, 0) is 55.0 Å². The van der Waals surface area contributed by atoms with Crippen LogP contribution in [-0.4, -0.2) is 35.3 Å². The van der Waals surface area contributed by atoms with Crippen molar-refractivity contribution in [1.82, 2.24) is 15.8 Å². The molecule has 164 valence electrons. The first kappa shape index (κ1) is 20.2. The number of fused-ring (bicyclic) bond motifs is 1. The molecule has 0 saturated carbocycles. The number of carbonyl (C=O) groups is 4. The van der Waals surface area contributed by atoms with Gasteiger partial charge in [0, 0.05) is 18.7 Å². The van der Waals surface area contributed by atoms with Gasteiger partial charge >= 0.3 is 6.03 Å². The second kappa shape index (κ2) is 7.47. The van der Waals surface area contributed by atoms with Crippen molar-refractivity contribution in [3.05, 3.63) is 65.2 Å². The van der Waals surface area contributed by atoms with E-state index < -0.39 is 29.3 Å². The van der Waals surface area contributed by atoms with Gasteiger partial charge in [-0.25, -0.2) is 4.79 Å². The molecule has 2 unspecified atom stereocenters. The van der Waals surface area contributed by atoms with Gasteiger partial charge in [0.1, 0.15) is 5.54 Å². The third-order valence-corrected chi connectivity index (χ3v) is 6.65. The molecule has 0 bridgehead atoms. The van der Waals surface area contributed by atoms with Crippen LogP contribution in [0.1, 0.15) is 36.5 Å². The van der Waals surface area contributed by atoms with Crippen molar-refractivity contribution >= 4 is 29.4 Å². The first-order chi connectivity index (χ1) is 15.4. The molecule has 2 aliphatic heterocycles. The van der Waals surface area contributed by atoms with E-state index in [1.54, 1.807) is 36.1 Å². The highest BCUT2D eigenvalue weighted by atomic mass is 16.2. The van der Waals surface area contributed by atoms with Crippen molar-refractivity contribution in [2.75, 3.05) is 11.4 Å². The molecular weight excluding hydrogens is 408 g/mol. The maximum atomic E-state index is 13.0. The Morgan fingerprint density at radius 2 is 1.81 bits per heavy atom. The largest absolute Gasteiger partial charge is 0.344 e. The van der Waals surface area contributed by atoms with Gasteiger partial charge in [0.2, 0.25) is 11.8 Å². The normalized spacial score (nSPS) is 24.7. The van der Waals surface area contributed by atoms with Crippen LogP contribution < -0.4 is 15.6 Å². The molecule has 0 spiro atoms. The van der Waals surface area contributed by atoms with E-state index in [0.29, 0.717) is 5.56 Å². The predicted molar refractivity (Wildman–Crippen MR) is 116 cm³/mol. The van der Waals surface area contributed by atoms with E-state index in [4.69, 9.17) is 0 Å². The predicted octanol–water partition coefficient (Wildman–Crippen LogP) is 2.03. The number of hydrogen-bond acceptors (Lipinski definition) is 4. The number of anilines is 1. The highest BCUT2D eigenvalue weighted by Gasteiger charge is 2.50. The molecule has 2 N–H and O–H groups in total. The molecule has 3 aliphatic rings. The SMILES string of the molecule is CC1(c2ccccc2)NC(=O)N(NC(=O)C2CC(=O)N(c3ccc4c(c3)CCC4)C2)C1=O. The lowest BCUT2D eigenvalue weighted by atomic mass is 9.92. The maximum absolute atomic E-state index is 13.0. The number of hydrazine groups is 1. The highest BCUT2D eigenvalue weighted by molar-refractivity contribution is 6.08. The molecule has 0 radical (unpaired) electrons. The Bertz CT molecular complexity index is 1130. The van der Waals surface area contributed by atoms with Crippen LogP contribution in [0.4, 0.5) is 10.5 Å². The highest BCUT2D eigenvalue weighted by Crippen LogP contribution is 2.31. The van der Waals surface area contributed by atoms with Crippen LogP contribution in [-0.2, 0) is 32.8 Å². The molecule has 5 rings (SSSR count). The van der Waals surface area contributed by atoms with Gasteiger partial charge in [0.05, 0.1) is 5.92 Å². The summed E-state index contributed by atoms with van der Waals surface area (Å²) in [4.78, 5) is 52.6. The number of urea groups is 1. The monoisotopic (exact) mass is 432 g/mol. The lowest BCUT2D eigenvalue weighted by Gasteiger charge is -2.22. The number of nitrogens with zero attached hydrogens (tertiary/aromatic N) is 2. The Labute approximate surface area is 185 Å². The van der Waals surface area contributed by atoms with E-state index in [2.05, 4.69) is 16.8 Å². The Kier molecular flexibility index (Phi) is 4.73. The standard InChI is InChI=1S/C24H24N4O4/c1-24(18-8-3-2-4-9-18)22(31)28(23(32)25-24)26-21(30)17-13-20(29)27(14-17)19-11-10-15-6-5-7-16(15)12-19/h2-4,8-12,17H,5-7,13-14H2,1H3,(H,25,32)(H,26,30). The zero-order chi connectivity index (χ0) is 22.5. The van der Waals surface area contributed by atoms with Crippen molar-refractivity contribution in [2.45, 2.75) is 38.1 Å². The van der Waals surface area contributed by atoms with Crippen LogP contribution in [0.5, 0.6) is 0 Å². The second-order valence-corrected chi connectivity index (χ2v) is 8.75. The molecule has 2 aromatic carbocycles. The Morgan fingerprint density at radius 3 is 2.59 bits per heavy atom. The first-order valence-electron chi connectivity index (χ1n) is 10.8. The summed E-state index contributed by atoms with van der Waals surface area (Å²) in [5.74, 6) is -1.89. The number of amides is 5. The summed E-state index contributed by atoms with van der Waals surface area (Å²) in [7, 11) is 0. The number of rotatable bonds is 4. The summed E-state index contributed by atoms with van der Waals surface area (Å²) in [6.45, 7) is 1.81. The molecule has 2 saturated heterocycles. The smallest absolute Gasteiger partial charge is 0.318 e. The van der Waals surface area contributed by atoms with Crippen LogP contribution >= 0.6 is 0 Å². The lowest BCUT2D eigenvalue weighted by molar-refractivity contribution is -0.140. The minimum atomic E-state index is -1.27. The minimum Gasteiger partial charge on any atom is -0.318 e. The van der Waals surface area contributed by atoms with Crippen LogP contribution in [0, 0.1) is 5.92 Å². The number of nitrogens with one attached hydrogen (secondary N) is 2. The van der Waals surface area contributed by atoms with Crippen molar-refractivity contribution in [2.24, 2.45) is 5.92 Å². The van der Waals surface area contributed by atoms with E-state index in [-0.39, 0.29) is 18.9 Å². The fourth-order valence-corrected chi connectivity index (χ4v) is 4.77. The van der Waals surface area contributed by atoms with Gasteiger partial charge in [-0.3, -0.25) is 19.8 Å². The van der Waals surface area contributed by atoms with Crippen LogP contribution in [0.25, 0.3) is 0 Å². The first-order valence-corrected chi connectivity index (χ1v) is 10.8. The summed E-state index contributed by atoms with van der Waals surface area (Å²) >= 11 is 0. The average Bonchev–Trinajstić information content (AvgIpc) is 3.47. The number of benzene rings is 2. The lowest BCUT2D eigenvalue weighted by Crippen LogP contribution is -2.50. The third-order valence-electron chi connectivity index (χ3n) is 6.65. The molecule has 8 heteroatoms. The van der Waals surface area contributed by atoms with Gasteiger partial charge in [0.15, 0.2) is 0 Å². The number of carbonyl (C=O) groups excluding carboxylic acids is 4. The van der Waals surface area contributed by atoms with E-state index >= 15 is 0 Å². The Hall–Kier alpha value is -3.68. The van der Waals surface area contributed by atoms with E-state index in [0.717, 1.165) is 30.0 Å². The number of aryl methyl sites for hydroxylation is 2. The molecule has 1 aliphatic carbocycles. The maximum Gasteiger partial charge on any atom is 0.344 e. The summed E-state index contributed by atoms with van der Waals surface area (Å²) in [5, 5.41) is 3.38. The summed E-state index contributed by atoms with van der Waals surface area (Å²) in [5.41, 5.74) is 5.14. The molecule has 5 amide bonds. The fraction of sp³-hybridized carbons (Fsp3) is 0.333. The van der Waals surface area contributed by atoms with Crippen LogP contribution in [0.3, 0.4) is 0 Å². The summed E-state index contributed by atoms with van der Waals surface area (Å²) in [6, 6.07) is 14.2. The molecule has 0 aromatic heterocycles. The quantitative estimate of drug-likeness (QED) is 0.723. The molecule has 2 heterocycles. The molecular formula is C24H24N4O4. The van der Waals surface area contributed by atoms with Crippen molar-refractivity contribution < 1.29 is 19.2 Å². The Morgan fingerprint density at radius 1 is 1.06 bits per heavy atom. The van der Waals surface area contributed by atoms with Gasteiger partial charge in [-0.1, -0.05) is 36.4 Å². The van der Waals surface area contributed by atoms with Gasteiger partial charge < -0.3 is 10.2 Å². The molecule has 2 atom stereocenters. The summed E-state index contributed by atoms with van der Waals surface area (Å²) < 4.78 is 0. The third kappa shape index (κ3) is 3.23. The van der Waals surface area contributed by atoms with Gasteiger partial charge in [0.25, 0.3) is 5.91 Å². The van der Waals surface area contributed by atoms with Crippen LogP contribution in [0.15, 0.2) is 48.5 Å². The van der Waals surface area contributed by atoms with Gasteiger partial charge in [-0.2, -0.15) is 5.01 Å². The van der Waals surface area contributed by atoms with Crippen molar-refractivity contribution in [1.29, 1.82) is 0 Å². The van der Waals surface area contributed by atoms with E-state index in [1.165, 1.54) is 11.1 Å². The second-order valence-electron chi connectivity index (χ2n) is 8.75. The Balaban J connectivity index is 1.29. The van der Waals surface area contributed by atoms with Crippen LogP contribution in [0.2, 0.25) is 0 Å². The molecule has 32 heavy (non-hydrogen) atoms. The number of imide groups is 1. The van der Waals surface area contributed by atoms with E-state index in [9.17, 15) is 19.2 Å². The van der Waals surface area contributed by atoms with E-state index in [1.807, 2.05) is 18.2 Å². The fourth-order valence-electron chi connectivity index (χ4n) is 4.77. The topological polar surface area (TPSA) is 98.8 Å².